The normalized spacial score (nSPS) is 12.3. The number of Topliss-reactive ketones (excluding diaryl/α,β-unsaturated/α-hetero) is 1. The van der Waals surface area contributed by atoms with Crippen molar-refractivity contribution in [2.45, 2.75) is 72.1 Å². The number of aromatic amines is 1. The highest BCUT2D eigenvalue weighted by molar-refractivity contribution is 5.97. The third kappa shape index (κ3) is 4.55. The summed E-state index contributed by atoms with van der Waals surface area (Å²) in [5.41, 5.74) is 5.21. The van der Waals surface area contributed by atoms with E-state index in [9.17, 15) is 9.90 Å². The number of aryl methyl sites for hydroxylation is 1. The van der Waals surface area contributed by atoms with Gasteiger partial charge in [-0.1, -0.05) is 53.7 Å². The fourth-order valence-electron chi connectivity index (χ4n) is 3.41. The quantitative estimate of drug-likeness (QED) is 0.611. The molecule has 2 rings (SSSR count). The molecule has 0 bridgehead atoms. The van der Waals surface area contributed by atoms with Crippen molar-refractivity contribution in [3.8, 4) is 5.75 Å². The number of nitrogens with one attached hydrogen (secondary N) is 2. The van der Waals surface area contributed by atoms with Gasteiger partial charge in [0.1, 0.15) is 5.75 Å². The Morgan fingerprint density at radius 2 is 1.59 bits per heavy atom. The van der Waals surface area contributed by atoms with Crippen molar-refractivity contribution in [3.05, 3.63) is 46.3 Å². The molecule has 1 heterocycles. The zero-order chi connectivity index (χ0) is 20.6. The Morgan fingerprint density at radius 1 is 1.07 bits per heavy atom. The Hall–Kier alpha value is -2.23. The van der Waals surface area contributed by atoms with Gasteiger partial charge in [-0.05, 0) is 40.9 Å². The summed E-state index contributed by atoms with van der Waals surface area (Å²) in [4.78, 5) is 15.8. The van der Waals surface area contributed by atoms with Gasteiger partial charge in [0.2, 0.25) is 0 Å². The lowest BCUT2D eigenvalue weighted by Gasteiger charge is -2.28. The van der Waals surface area contributed by atoms with Crippen LogP contribution in [0.4, 0.5) is 5.69 Å². The predicted molar refractivity (Wildman–Crippen MR) is 113 cm³/mol. The van der Waals surface area contributed by atoms with Crippen LogP contribution in [0.15, 0.2) is 18.3 Å². The van der Waals surface area contributed by atoms with Crippen molar-refractivity contribution in [3.63, 3.8) is 0 Å². The van der Waals surface area contributed by atoms with E-state index in [-0.39, 0.29) is 16.6 Å². The minimum atomic E-state index is -0.165. The molecule has 0 unspecified atom stereocenters. The number of carbonyl (C=O) groups is 1. The molecular weight excluding hydrogens is 336 g/mol. The van der Waals surface area contributed by atoms with E-state index in [0.717, 1.165) is 27.9 Å². The zero-order valence-corrected chi connectivity index (χ0v) is 18.0. The maximum Gasteiger partial charge on any atom is 0.179 e. The van der Waals surface area contributed by atoms with Gasteiger partial charge in [0, 0.05) is 25.2 Å². The molecule has 2 aromatic rings. The number of phenolic OH excluding ortho intramolecular Hbond substituents is 1. The summed E-state index contributed by atoms with van der Waals surface area (Å²) in [6.07, 6.45) is 2.92. The molecule has 0 atom stereocenters. The molecule has 3 N–H and O–H groups in total. The summed E-state index contributed by atoms with van der Waals surface area (Å²) in [5, 5.41) is 13.9. The van der Waals surface area contributed by atoms with E-state index in [4.69, 9.17) is 0 Å². The lowest BCUT2D eigenvalue weighted by Crippen LogP contribution is -2.18. The third-order valence-corrected chi connectivity index (χ3v) is 5.11. The molecule has 0 fully saturated rings. The SMILES string of the molecule is CNc1c[nH]c(C(=O)CCc2cc(C(C)(C)C)c(O)c(C(C)(C)C)c2)c1C. The summed E-state index contributed by atoms with van der Waals surface area (Å²) in [6.45, 7) is 14.6. The standard InChI is InChI=1S/C23H34N2O2/c1-14-18(24-8)13-25-20(14)19(26)10-9-15-11-16(22(2,3)4)21(27)17(12-15)23(5,6)7/h11-13,24-25,27H,9-10H2,1-8H3. The molecule has 27 heavy (non-hydrogen) atoms. The Balaban J connectivity index is 2.33. The van der Waals surface area contributed by atoms with Gasteiger partial charge in [-0.2, -0.15) is 0 Å². The molecule has 1 aromatic heterocycles. The highest BCUT2D eigenvalue weighted by Gasteiger charge is 2.26. The maximum absolute atomic E-state index is 12.7. The summed E-state index contributed by atoms with van der Waals surface area (Å²) in [5.74, 6) is 0.487. The van der Waals surface area contributed by atoms with Gasteiger partial charge in [0.15, 0.2) is 5.78 Å². The lowest BCUT2D eigenvalue weighted by molar-refractivity contribution is 0.0978. The first-order valence-electron chi connectivity index (χ1n) is 9.62. The Morgan fingerprint density at radius 3 is 2.00 bits per heavy atom. The molecular formula is C23H34N2O2. The minimum absolute atomic E-state index is 0.108. The molecule has 0 aliphatic carbocycles. The molecule has 0 saturated carbocycles. The number of ketones is 1. The van der Waals surface area contributed by atoms with Crippen molar-refractivity contribution < 1.29 is 9.90 Å². The molecule has 0 radical (unpaired) electrons. The Labute approximate surface area is 163 Å². The van der Waals surface area contributed by atoms with Crippen molar-refractivity contribution in [1.82, 2.24) is 4.98 Å². The first kappa shape index (κ1) is 21.1. The summed E-state index contributed by atoms with van der Waals surface area (Å²) in [6, 6.07) is 4.11. The van der Waals surface area contributed by atoms with E-state index in [1.54, 1.807) is 0 Å². The van der Waals surface area contributed by atoms with Crippen molar-refractivity contribution in [1.29, 1.82) is 0 Å². The fourth-order valence-corrected chi connectivity index (χ4v) is 3.41. The summed E-state index contributed by atoms with van der Waals surface area (Å²) < 4.78 is 0. The van der Waals surface area contributed by atoms with Gasteiger partial charge in [-0.3, -0.25) is 4.79 Å². The van der Waals surface area contributed by atoms with Crippen LogP contribution in [0, 0.1) is 6.92 Å². The van der Waals surface area contributed by atoms with E-state index >= 15 is 0 Å². The van der Waals surface area contributed by atoms with Crippen molar-refractivity contribution >= 4 is 11.5 Å². The Kier molecular flexibility index (Phi) is 5.79. The lowest BCUT2D eigenvalue weighted by atomic mass is 9.78. The number of benzene rings is 1. The largest absolute Gasteiger partial charge is 0.507 e. The highest BCUT2D eigenvalue weighted by Crippen LogP contribution is 2.40. The van der Waals surface area contributed by atoms with E-state index in [1.165, 1.54) is 0 Å². The molecule has 0 saturated heterocycles. The Bertz CT molecular complexity index is 798. The van der Waals surface area contributed by atoms with Crippen LogP contribution in [0.1, 0.15) is 80.7 Å². The second-order valence-corrected chi connectivity index (χ2v) is 9.42. The smallest absolute Gasteiger partial charge is 0.179 e. The van der Waals surface area contributed by atoms with Crippen LogP contribution in [0.5, 0.6) is 5.75 Å². The number of hydrogen-bond donors (Lipinski definition) is 3. The van der Waals surface area contributed by atoms with E-state index < -0.39 is 0 Å². The highest BCUT2D eigenvalue weighted by atomic mass is 16.3. The number of aromatic nitrogens is 1. The number of H-pyrrole nitrogens is 1. The van der Waals surface area contributed by atoms with Crippen LogP contribution >= 0.6 is 0 Å². The first-order valence-corrected chi connectivity index (χ1v) is 9.62. The van der Waals surface area contributed by atoms with Crippen LogP contribution in [0.25, 0.3) is 0 Å². The molecule has 148 valence electrons. The number of anilines is 1. The average molecular weight is 371 g/mol. The van der Waals surface area contributed by atoms with Crippen LogP contribution in [0.2, 0.25) is 0 Å². The van der Waals surface area contributed by atoms with E-state index in [2.05, 4.69) is 64.0 Å². The van der Waals surface area contributed by atoms with Gasteiger partial charge in [0.05, 0.1) is 11.4 Å². The number of phenols is 1. The maximum atomic E-state index is 12.7. The predicted octanol–water partition coefficient (Wildman–Crippen LogP) is 5.48. The molecule has 0 amide bonds. The third-order valence-electron chi connectivity index (χ3n) is 5.11. The van der Waals surface area contributed by atoms with Crippen molar-refractivity contribution in [2.75, 3.05) is 12.4 Å². The van der Waals surface area contributed by atoms with Gasteiger partial charge >= 0.3 is 0 Å². The molecule has 0 aliphatic heterocycles. The van der Waals surface area contributed by atoms with E-state index in [0.29, 0.717) is 24.3 Å². The molecule has 4 heteroatoms. The summed E-state index contributed by atoms with van der Waals surface area (Å²) in [7, 11) is 1.85. The van der Waals surface area contributed by atoms with Gasteiger partial charge in [-0.15, -0.1) is 0 Å². The number of carbonyl (C=O) groups excluding carboxylic acids is 1. The summed E-state index contributed by atoms with van der Waals surface area (Å²) >= 11 is 0. The van der Waals surface area contributed by atoms with Crippen LogP contribution in [0.3, 0.4) is 0 Å². The van der Waals surface area contributed by atoms with Crippen LogP contribution in [-0.4, -0.2) is 22.9 Å². The fraction of sp³-hybridized carbons (Fsp3) is 0.522. The monoisotopic (exact) mass is 370 g/mol. The van der Waals surface area contributed by atoms with Gasteiger partial charge in [0.25, 0.3) is 0 Å². The van der Waals surface area contributed by atoms with Crippen molar-refractivity contribution in [2.24, 2.45) is 0 Å². The average Bonchev–Trinajstić information content (AvgIpc) is 2.92. The zero-order valence-electron chi connectivity index (χ0n) is 18.0. The molecule has 4 nitrogen and oxygen atoms in total. The second kappa shape index (κ2) is 7.41. The van der Waals surface area contributed by atoms with Crippen LogP contribution < -0.4 is 5.32 Å². The van der Waals surface area contributed by atoms with Crippen LogP contribution in [-0.2, 0) is 17.3 Å². The van der Waals surface area contributed by atoms with Gasteiger partial charge < -0.3 is 15.4 Å². The minimum Gasteiger partial charge on any atom is -0.507 e. The topological polar surface area (TPSA) is 65.1 Å². The van der Waals surface area contributed by atoms with E-state index in [1.807, 2.05) is 20.2 Å². The number of rotatable bonds is 5. The molecule has 0 aliphatic rings. The molecule has 0 spiro atoms. The van der Waals surface area contributed by atoms with Gasteiger partial charge in [-0.25, -0.2) is 0 Å². The first-order chi connectivity index (χ1) is 12.4. The number of aromatic hydroxyl groups is 1. The number of hydrogen-bond acceptors (Lipinski definition) is 3. The molecule has 1 aromatic carbocycles. The second-order valence-electron chi connectivity index (χ2n) is 9.42.